The molecule has 0 radical (unpaired) electrons. The Hall–Kier alpha value is -3.38. The van der Waals surface area contributed by atoms with Gasteiger partial charge in [0.15, 0.2) is 9.84 Å². The first kappa shape index (κ1) is 20.9. The van der Waals surface area contributed by atoms with Crippen LogP contribution in [0.4, 0.5) is 0 Å². The summed E-state index contributed by atoms with van der Waals surface area (Å²) in [6.45, 7) is 2.42. The van der Waals surface area contributed by atoms with Gasteiger partial charge in [-0.1, -0.05) is 78.4 Å². The van der Waals surface area contributed by atoms with Crippen LogP contribution in [0.1, 0.15) is 16.7 Å². The summed E-state index contributed by atoms with van der Waals surface area (Å²) in [4.78, 5) is 12.8. The highest BCUT2D eigenvalue weighted by Crippen LogP contribution is 2.28. The van der Waals surface area contributed by atoms with Crippen LogP contribution < -0.4 is 5.32 Å². The molecule has 0 aliphatic heterocycles. The highest BCUT2D eigenvalue weighted by atomic mass is 32.2. The maximum absolute atomic E-state index is 13.2. The van der Waals surface area contributed by atoms with Gasteiger partial charge >= 0.3 is 0 Å². The number of nitrogens with zero attached hydrogens (tertiary/aromatic N) is 1. The third-order valence-corrected chi connectivity index (χ3v) is 6.88. The fourth-order valence-electron chi connectivity index (χ4n) is 3.70. The second-order valence-corrected chi connectivity index (χ2v) is 9.61. The van der Waals surface area contributed by atoms with Crippen molar-refractivity contribution >= 4 is 26.6 Å². The summed E-state index contributed by atoms with van der Waals surface area (Å²) in [5.41, 5.74) is 3.50. The molecule has 4 aromatic rings. The molecule has 0 fully saturated rings. The molecule has 0 bridgehead atoms. The molecule has 0 aliphatic rings. The summed E-state index contributed by atoms with van der Waals surface area (Å²) in [7, 11) is -3.58. The lowest BCUT2D eigenvalue weighted by molar-refractivity contribution is -0.121. The van der Waals surface area contributed by atoms with Crippen molar-refractivity contribution in [3.05, 3.63) is 102 Å². The second kappa shape index (κ2) is 8.78. The van der Waals surface area contributed by atoms with Gasteiger partial charge in [-0.15, -0.1) is 0 Å². The zero-order valence-corrected chi connectivity index (χ0v) is 18.1. The van der Waals surface area contributed by atoms with E-state index < -0.39 is 9.84 Å². The van der Waals surface area contributed by atoms with Crippen LogP contribution in [0.15, 0.2) is 90.0 Å². The van der Waals surface area contributed by atoms with Gasteiger partial charge in [0, 0.05) is 23.6 Å². The summed E-state index contributed by atoms with van der Waals surface area (Å²) >= 11 is 0. The van der Waals surface area contributed by atoms with E-state index in [1.54, 1.807) is 16.8 Å². The number of amides is 1. The van der Waals surface area contributed by atoms with E-state index in [4.69, 9.17) is 0 Å². The summed E-state index contributed by atoms with van der Waals surface area (Å²) in [5, 5.41) is 3.53. The molecule has 1 aromatic heterocycles. The average molecular weight is 433 g/mol. The van der Waals surface area contributed by atoms with E-state index in [0.717, 1.165) is 22.2 Å². The number of aromatic nitrogens is 1. The second-order valence-electron chi connectivity index (χ2n) is 7.65. The Kier molecular flexibility index (Phi) is 5.91. The standard InChI is InChI=1S/C25H24N2O3S/c1-19-8-7-11-21(14-19)18-31(29,30)24-16-27(23-13-6-5-12-22(23)24)17-25(28)26-15-20-9-3-2-4-10-20/h2-14,16H,15,17-18H2,1H3,(H,26,28). The smallest absolute Gasteiger partial charge is 0.240 e. The van der Waals surface area contributed by atoms with Gasteiger partial charge in [0.05, 0.1) is 10.6 Å². The number of sulfone groups is 1. The summed E-state index contributed by atoms with van der Waals surface area (Å²) in [6, 6.07) is 24.5. The van der Waals surface area contributed by atoms with Gasteiger partial charge in [-0.05, 0) is 24.1 Å². The number of hydrogen-bond donors (Lipinski definition) is 1. The van der Waals surface area contributed by atoms with Crippen LogP contribution in [0.2, 0.25) is 0 Å². The number of hydrogen-bond acceptors (Lipinski definition) is 3. The fraction of sp³-hybridized carbons (Fsp3) is 0.160. The van der Waals surface area contributed by atoms with Crippen molar-refractivity contribution in [3.8, 4) is 0 Å². The Morgan fingerprint density at radius 2 is 1.61 bits per heavy atom. The normalized spacial score (nSPS) is 11.5. The molecule has 0 saturated heterocycles. The third-order valence-electron chi connectivity index (χ3n) is 5.17. The first-order valence-electron chi connectivity index (χ1n) is 10.1. The molecule has 0 aliphatic carbocycles. The van der Waals surface area contributed by atoms with Crippen LogP contribution in [0.25, 0.3) is 10.9 Å². The van der Waals surface area contributed by atoms with Crippen LogP contribution in [-0.4, -0.2) is 18.9 Å². The predicted octanol–water partition coefficient (Wildman–Crippen LogP) is 4.24. The van der Waals surface area contributed by atoms with Crippen molar-refractivity contribution in [2.24, 2.45) is 0 Å². The maximum Gasteiger partial charge on any atom is 0.240 e. The molecule has 4 rings (SSSR count). The first-order chi connectivity index (χ1) is 14.9. The maximum atomic E-state index is 13.2. The lowest BCUT2D eigenvalue weighted by atomic mass is 10.2. The number of para-hydroxylation sites is 1. The monoisotopic (exact) mass is 432 g/mol. The van der Waals surface area contributed by atoms with E-state index >= 15 is 0 Å². The summed E-state index contributed by atoms with van der Waals surface area (Å²) < 4.78 is 28.2. The highest BCUT2D eigenvalue weighted by Gasteiger charge is 2.22. The number of carbonyl (C=O) groups is 1. The minimum Gasteiger partial charge on any atom is -0.350 e. The third kappa shape index (κ3) is 4.86. The number of fused-ring (bicyclic) bond motifs is 1. The first-order valence-corrected chi connectivity index (χ1v) is 11.7. The fourth-order valence-corrected chi connectivity index (χ4v) is 5.27. The molecule has 5 nitrogen and oxygen atoms in total. The summed E-state index contributed by atoms with van der Waals surface area (Å²) in [6.07, 6.45) is 1.58. The van der Waals surface area contributed by atoms with Crippen LogP contribution in [0, 0.1) is 6.92 Å². The topological polar surface area (TPSA) is 68.2 Å². The molecule has 6 heteroatoms. The van der Waals surface area contributed by atoms with Crippen LogP contribution in [0.5, 0.6) is 0 Å². The van der Waals surface area contributed by atoms with Gasteiger partial charge in [-0.2, -0.15) is 0 Å². The van der Waals surface area contributed by atoms with Gasteiger partial charge in [-0.25, -0.2) is 8.42 Å². The van der Waals surface area contributed by atoms with Gasteiger partial charge in [-0.3, -0.25) is 4.79 Å². The Bertz CT molecular complexity index is 1330. The van der Waals surface area contributed by atoms with Crippen molar-refractivity contribution < 1.29 is 13.2 Å². The number of rotatable bonds is 7. The molecule has 158 valence electrons. The number of nitrogens with one attached hydrogen (secondary N) is 1. The van der Waals surface area contributed by atoms with E-state index in [-0.39, 0.29) is 23.1 Å². The van der Waals surface area contributed by atoms with Crippen molar-refractivity contribution in [2.75, 3.05) is 0 Å². The SMILES string of the molecule is Cc1cccc(CS(=O)(=O)c2cn(CC(=O)NCc3ccccc3)c3ccccc23)c1. The molecule has 1 heterocycles. The molecule has 1 N–H and O–H groups in total. The minimum atomic E-state index is -3.58. The summed E-state index contributed by atoms with van der Waals surface area (Å²) in [5.74, 6) is -0.254. The van der Waals surface area contributed by atoms with Crippen LogP contribution in [-0.2, 0) is 33.5 Å². The molecule has 31 heavy (non-hydrogen) atoms. The highest BCUT2D eigenvalue weighted by molar-refractivity contribution is 7.90. The zero-order valence-electron chi connectivity index (χ0n) is 17.3. The number of benzene rings is 3. The van der Waals surface area contributed by atoms with E-state index in [0.29, 0.717) is 11.9 Å². The molecular formula is C25H24N2O3S. The molecule has 0 unspecified atom stereocenters. The van der Waals surface area contributed by atoms with E-state index in [9.17, 15) is 13.2 Å². The van der Waals surface area contributed by atoms with E-state index in [1.807, 2.05) is 79.7 Å². The van der Waals surface area contributed by atoms with Gasteiger partial charge in [0.1, 0.15) is 6.54 Å². The molecular weight excluding hydrogens is 408 g/mol. The Labute approximate surface area is 182 Å². The Morgan fingerprint density at radius 3 is 2.39 bits per heavy atom. The minimum absolute atomic E-state index is 0.0489. The van der Waals surface area contributed by atoms with Crippen LogP contribution >= 0.6 is 0 Å². The van der Waals surface area contributed by atoms with Gasteiger partial charge < -0.3 is 9.88 Å². The molecule has 1 amide bonds. The Balaban J connectivity index is 1.59. The van der Waals surface area contributed by atoms with Crippen molar-refractivity contribution in [1.82, 2.24) is 9.88 Å². The molecule has 0 saturated carbocycles. The number of carbonyl (C=O) groups excluding carboxylic acids is 1. The lowest BCUT2D eigenvalue weighted by Gasteiger charge is -2.07. The van der Waals surface area contributed by atoms with Crippen molar-refractivity contribution in [1.29, 1.82) is 0 Å². The quantitative estimate of drug-likeness (QED) is 0.475. The van der Waals surface area contributed by atoms with Gasteiger partial charge in [0.2, 0.25) is 5.91 Å². The largest absolute Gasteiger partial charge is 0.350 e. The van der Waals surface area contributed by atoms with Crippen molar-refractivity contribution in [3.63, 3.8) is 0 Å². The van der Waals surface area contributed by atoms with Crippen molar-refractivity contribution in [2.45, 2.75) is 30.7 Å². The molecule has 3 aromatic carbocycles. The average Bonchev–Trinajstić information content (AvgIpc) is 3.12. The Morgan fingerprint density at radius 1 is 0.903 bits per heavy atom. The van der Waals surface area contributed by atoms with E-state index in [1.165, 1.54) is 0 Å². The predicted molar refractivity (Wildman–Crippen MR) is 122 cm³/mol. The zero-order chi connectivity index (χ0) is 21.8. The molecule has 0 spiro atoms. The molecule has 0 atom stereocenters. The van der Waals surface area contributed by atoms with Gasteiger partial charge in [0.25, 0.3) is 0 Å². The van der Waals surface area contributed by atoms with Crippen LogP contribution in [0.3, 0.4) is 0 Å². The lowest BCUT2D eigenvalue weighted by Crippen LogP contribution is -2.26. The van der Waals surface area contributed by atoms with E-state index in [2.05, 4.69) is 5.32 Å². The number of aryl methyl sites for hydroxylation is 1.